The molecule has 0 aliphatic carbocycles. The molecular weight excluding hydrogens is 274 g/mol. The Balaban J connectivity index is 2.29. The molecule has 1 atom stereocenters. The Morgan fingerprint density at radius 1 is 1.05 bits per heavy atom. The molecule has 3 heteroatoms. The molecule has 1 unspecified atom stereocenters. The number of aryl methyl sites for hydroxylation is 1. The molecular formula is C19H21NO2. The molecule has 114 valence electrons. The van der Waals surface area contributed by atoms with Gasteiger partial charge in [-0.15, -0.1) is 0 Å². The van der Waals surface area contributed by atoms with Gasteiger partial charge in [-0.3, -0.25) is 0 Å². The Hall–Kier alpha value is -2.47. The van der Waals surface area contributed by atoms with Crippen LogP contribution in [0.3, 0.4) is 0 Å². The fourth-order valence-electron chi connectivity index (χ4n) is 2.65. The lowest BCUT2D eigenvalue weighted by atomic mass is 9.91. The number of nitriles is 1. The molecule has 2 aromatic rings. The van der Waals surface area contributed by atoms with Crippen LogP contribution in [0.4, 0.5) is 0 Å². The summed E-state index contributed by atoms with van der Waals surface area (Å²) in [5, 5.41) is 9.56. The van der Waals surface area contributed by atoms with Gasteiger partial charge < -0.3 is 9.47 Å². The topological polar surface area (TPSA) is 42.2 Å². The lowest BCUT2D eigenvalue weighted by Crippen LogP contribution is -2.04. The average molecular weight is 295 g/mol. The maximum absolute atomic E-state index is 9.56. The highest BCUT2D eigenvalue weighted by molar-refractivity contribution is 5.42. The number of hydrogen-bond donors (Lipinski definition) is 0. The van der Waals surface area contributed by atoms with Crippen LogP contribution in [0.5, 0.6) is 11.5 Å². The molecule has 0 spiro atoms. The predicted octanol–water partition coefficient (Wildman–Crippen LogP) is 4.12. The number of rotatable bonds is 6. The standard InChI is InChI=1S/C19H21NO2/c1-4-15-11-14(9-10-18(15)21-2)12-16(13-20)17-7-5-6-8-19(17)22-3/h5-11,16H,4,12H2,1-3H3. The van der Waals surface area contributed by atoms with Gasteiger partial charge in [0.1, 0.15) is 11.5 Å². The van der Waals surface area contributed by atoms with E-state index >= 15 is 0 Å². The van der Waals surface area contributed by atoms with Crippen LogP contribution in [-0.2, 0) is 12.8 Å². The first kappa shape index (κ1) is 15.9. The van der Waals surface area contributed by atoms with Gasteiger partial charge in [0.2, 0.25) is 0 Å². The highest BCUT2D eigenvalue weighted by atomic mass is 16.5. The van der Waals surface area contributed by atoms with Crippen molar-refractivity contribution in [2.45, 2.75) is 25.7 Å². The quantitative estimate of drug-likeness (QED) is 0.805. The summed E-state index contributed by atoms with van der Waals surface area (Å²) in [4.78, 5) is 0. The summed E-state index contributed by atoms with van der Waals surface area (Å²) < 4.78 is 10.7. The van der Waals surface area contributed by atoms with E-state index in [9.17, 15) is 5.26 Å². The van der Waals surface area contributed by atoms with Crippen molar-refractivity contribution in [2.24, 2.45) is 0 Å². The fraction of sp³-hybridized carbons (Fsp3) is 0.316. The molecule has 0 aliphatic rings. The van der Waals surface area contributed by atoms with Crippen LogP contribution in [0, 0.1) is 11.3 Å². The molecule has 2 rings (SSSR count). The maximum atomic E-state index is 9.56. The summed E-state index contributed by atoms with van der Waals surface area (Å²) in [5.41, 5.74) is 3.23. The van der Waals surface area contributed by atoms with E-state index in [4.69, 9.17) is 9.47 Å². The van der Waals surface area contributed by atoms with Gasteiger partial charge in [-0.05, 0) is 36.1 Å². The van der Waals surface area contributed by atoms with E-state index in [0.717, 1.165) is 34.6 Å². The summed E-state index contributed by atoms with van der Waals surface area (Å²) in [6, 6.07) is 16.2. The highest BCUT2D eigenvalue weighted by Crippen LogP contribution is 2.30. The SMILES string of the molecule is CCc1cc(CC(C#N)c2ccccc2OC)ccc1OC. The van der Waals surface area contributed by atoms with Crippen LogP contribution in [-0.4, -0.2) is 14.2 Å². The first-order chi connectivity index (χ1) is 10.7. The van der Waals surface area contributed by atoms with Crippen LogP contribution in [0.25, 0.3) is 0 Å². The first-order valence-corrected chi connectivity index (χ1v) is 7.41. The number of methoxy groups -OCH3 is 2. The zero-order chi connectivity index (χ0) is 15.9. The zero-order valence-corrected chi connectivity index (χ0v) is 13.3. The van der Waals surface area contributed by atoms with Gasteiger partial charge in [0, 0.05) is 5.56 Å². The number of para-hydroxylation sites is 1. The van der Waals surface area contributed by atoms with Gasteiger partial charge >= 0.3 is 0 Å². The van der Waals surface area contributed by atoms with E-state index in [1.54, 1.807) is 14.2 Å². The van der Waals surface area contributed by atoms with Crippen molar-refractivity contribution in [1.82, 2.24) is 0 Å². The monoisotopic (exact) mass is 295 g/mol. The molecule has 0 aromatic heterocycles. The fourth-order valence-corrected chi connectivity index (χ4v) is 2.65. The van der Waals surface area contributed by atoms with Crippen molar-refractivity contribution >= 4 is 0 Å². The molecule has 2 aromatic carbocycles. The highest BCUT2D eigenvalue weighted by Gasteiger charge is 2.16. The molecule has 0 saturated carbocycles. The van der Waals surface area contributed by atoms with Crippen LogP contribution < -0.4 is 9.47 Å². The minimum atomic E-state index is -0.228. The number of hydrogen-bond acceptors (Lipinski definition) is 3. The third kappa shape index (κ3) is 3.40. The van der Waals surface area contributed by atoms with E-state index in [1.807, 2.05) is 36.4 Å². The second kappa shape index (κ2) is 7.51. The van der Waals surface area contributed by atoms with Crippen molar-refractivity contribution in [3.05, 3.63) is 59.2 Å². The van der Waals surface area contributed by atoms with E-state index < -0.39 is 0 Å². The molecule has 22 heavy (non-hydrogen) atoms. The van der Waals surface area contributed by atoms with Crippen molar-refractivity contribution < 1.29 is 9.47 Å². The van der Waals surface area contributed by atoms with Crippen LogP contribution in [0.2, 0.25) is 0 Å². The molecule has 0 aliphatic heterocycles. The Labute approximate surface area is 132 Å². The summed E-state index contributed by atoms with van der Waals surface area (Å²) in [6.07, 6.45) is 1.57. The second-order valence-corrected chi connectivity index (χ2v) is 5.13. The van der Waals surface area contributed by atoms with Crippen molar-refractivity contribution in [3.8, 4) is 17.6 Å². The number of nitrogens with zero attached hydrogens (tertiary/aromatic N) is 1. The Morgan fingerprint density at radius 3 is 2.41 bits per heavy atom. The van der Waals surface area contributed by atoms with Crippen LogP contribution >= 0.6 is 0 Å². The molecule has 0 heterocycles. The van der Waals surface area contributed by atoms with Gasteiger partial charge in [-0.25, -0.2) is 0 Å². The van der Waals surface area contributed by atoms with E-state index in [0.29, 0.717) is 6.42 Å². The van der Waals surface area contributed by atoms with E-state index in [1.165, 1.54) is 0 Å². The summed E-state index contributed by atoms with van der Waals surface area (Å²) in [5.74, 6) is 1.43. The van der Waals surface area contributed by atoms with Crippen LogP contribution in [0.1, 0.15) is 29.5 Å². The Kier molecular flexibility index (Phi) is 5.43. The normalized spacial score (nSPS) is 11.5. The molecule has 3 nitrogen and oxygen atoms in total. The van der Waals surface area contributed by atoms with Gasteiger partial charge in [-0.2, -0.15) is 5.26 Å². The summed E-state index contributed by atoms with van der Waals surface area (Å²) in [7, 11) is 3.32. The van der Waals surface area contributed by atoms with E-state index in [-0.39, 0.29) is 5.92 Å². The van der Waals surface area contributed by atoms with Gasteiger partial charge in [0.05, 0.1) is 26.2 Å². The molecule has 0 saturated heterocycles. The Morgan fingerprint density at radius 2 is 1.77 bits per heavy atom. The van der Waals surface area contributed by atoms with Gasteiger partial charge in [0.25, 0.3) is 0 Å². The van der Waals surface area contributed by atoms with Crippen LogP contribution in [0.15, 0.2) is 42.5 Å². The lowest BCUT2D eigenvalue weighted by molar-refractivity contribution is 0.407. The lowest BCUT2D eigenvalue weighted by Gasteiger charge is -2.15. The zero-order valence-electron chi connectivity index (χ0n) is 13.3. The third-order valence-electron chi connectivity index (χ3n) is 3.84. The first-order valence-electron chi connectivity index (χ1n) is 7.41. The molecule has 0 N–H and O–H groups in total. The molecule has 0 amide bonds. The molecule has 0 bridgehead atoms. The van der Waals surface area contributed by atoms with E-state index in [2.05, 4.69) is 19.1 Å². The minimum Gasteiger partial charge on any atom is -0.496 e. The summed E-state index contributed by atoms with van der Waals surface area (Å²) in [6.45, 7) is 2.10. The third-order valence-corrected chi connectivity index (χ3v) is 3.84. The summed E-state index contributed by atoms with van der Waals surface area (Å²) >= 11 is 0. The maximum Gasteiger partial charge on any atom is 0.123 e. The van der Waals surface area contributed by atoms with Gasteiger partial charge in [0.15, 0.2) is 0 Å². The van der Waals surface area contributed by atoms with Crippen molar-refractivity contribution in [3.63, 3.8) is 0 Å². The number of ether oxygens (including phenoxy) is 2. The smallest absolute Gasteiger partial charge is 0.123 e. The minimum absolute atomic E-state index is 0.228. The largest absolute Gasteiger partial charge is 0.496 e. The second-order valence-electron chi connectivity index (χ2n) is 5.13. The molecule has 0 radical (unpaired) electrons. The Bertz CT molecular complexity index is 673. The molecule has 0 fully saturated rings. The van der Waals surface area contributed by atoms with Crippen molar-refractivity contribution in [1.29, 1.82) is 5.26 Å². The van der Waals surface area contributed by atoms with Crippen molar-refractivity contribution in [2.75, 3.05) is 14.2 Å². The average Bonchev–Trinajstić information content (AvgIpc) is 2.59. The predicted molar refractivity (Wildman–Crippen MR) is 87.4 cm³/mol. The number of benzene rings is 2. The van der Waals surface area contributed by atoms with Gasteiger partial charge in [-0.1, -0.05) is 37.3 Å².